The molecule has 0 atom stereocenters. The molecule has 0 radical (unpaired) electrons. The summed E-state index contributed by atoms with van der Waals surface area (Å²) in [6.45, 7) is 6.26. The van der Waals surface area contributed by atoms with Gasteiger partial charge in [-0.3, -0.25) is 0 Å². The van der Waals surface area contributed by atoms with Crippen LogP contribution in [0, 0.1) is 5.92 Å². The van der Waals surface area contributed by atoms with Crippen molar-refractivity contribution in [3.8, 4) is 0 Å². The highest BCUT2D eigenvalue weighted by molar-refractivity contribution is 5.46. The van der Waals surface area contributed by atoms with E-state index in [0.717, 1.165) is 31.1 Å². The molecule has 0 aromatic carbocycles. The maximum atomic E-state index is 4.27. The largest absolute Gasteiger partial charge is 0.370 e. The van der Waals surface area contributed by atoms with E-state index < -0.39 is 0 Å². The van der Waals surface area contributed by atoms with Gasteiger partial charge >= 0.3 is 0 Å². The van der Waals surface area contributed by atoms with Gasteiger partial charge in [-0.2, -0.15) is 0 Å². The Bertz CT molecular complexity index is 440. The second-order valence-electron chi connectivity index (χ2n) is 5.85. The lowest BCUT2D eigenvalue weighted by molar-refractivity contribution is 0.679. The predicted molar refractivity (Wildman–Crippen MR) is 85.0 cm³/mol. The third kappa shape index (κ3) is 5.19. The van der Waals surface area contributed by atoms with Gasteiger partial charge in [0.15, 0.2) is 0 Å². The maximum absolute atomic E-state index is 4.27. The number of anilines is 2. The van der Waals surface area contributed by atoms with Crippen LogP contribution in [0.3, 0.4) is 0 Å². The van der Waals surface area contributed by atoms with Gasteiger partial charge in [-0.1, -0.05) is 25.5 Å². The molecular weight excluding hydrogens is 248 g/mol. The van der Waals surface area contributed by atoms with Crippen LogP contribution in [0.25, 0.3) is 0 Å². The smallest absolute Gasteiger partial charge is 0.131 e. The van der Waals surface area contributed by atoms with Crippen LogP contribution < -0.4 is 10.6 Å². The highest BCUT2D eigenvalue weighted by Crippen LogP contribution is 2.20. The summed E-state index contributed by atoms with van der Waals surface area (Å²) < 4.78 is 0. The number of hydrogen-bond donors (Lipinski definition) is 2. The SMILES string of the molecule is CC(C)CNc1cc(NCCC2=CCCCC2)ncn1. The van der Waals surface area contributed by atoms with Crippen LogP contribution >= 0.6 is 0 Å². The molecule has 4 heteroatoms. The number of rotatable bonds is 7. The van der Waals surface area contributed by atoms with E-state index in [1.165, 1.54) is 25.7 Å². The molecule has 1 aliphatic rings. The monoisotopic (exact) mass is 274 g/mol. The first-order chi connectivity index (χ1) is 9.74. The van der Waals surface area contributed by atoms with Crippen LogP contribution in [0.15, 0.2) is 24.0 Å². The number of aromatic nitrogens is 2. The quantitative estimate of drug-likeness (QED) is 0.742. The maximum Gasteiger partial charge on any atom is 0.131 e. The second kappa shape index (κ2) is 7.88. The summed E-state index contributed by atoms with van der Waals surface area (Å²) >= 11 is 0. The van der Waals surface area contributed by atoms with Crippen molar-refractivity contribution in [3.05, 3.63) is 24.0 Å². The molecule has 110 valence electrons. The molecule has 1 aromatic heterocycles. The molecule has 2 rings (SSSR count). The summed E-state index contributed by atoms with van der Waals surface area (Å²) in [7, 11) is 0. The van der Waals surface area contributed by atoms with Gasteiger partial charge in [-0.25, -0.2) is 9.97 Å². The van der Waals surface area contributed by atoms with E-state index in [1.807, 2.05) is 6.07 Å². The van der Waals surface area contributed by atoms with E-state index in [9.17, 15) is 0 Å². The van der Waals surface area contributed by atoms with Crippen LogP contribution in [0.2, 0.25) is 0 Å². The Kier molecular flexibility index (Phi) is 5.84. The third-order valence-electron chi connectivity index (χ3n) is 3.50. The molecule has 0 saturated carbocycles. The van der Waals surface area contributed by atoms with Crippen molar-refractivity contribution in [1.29, 1.82) is 0 Å². The average molecular weight is 274 g/mol. The van der Waals surface area contributed by atoms with Crippen LogP contribution in [0.5, 0.6) is 0 Å². The Morgan fingerprint density at radius 3 is 2.65 bits per heavy atom. The molecule has 0 amide bonds. The van der Waals surface area contributed by atoms with Crippen molar-refractivity contribution in [1.82, 2.24) is 9.97 Å². The van der Waals surface area contributed by atoms with Crippen LogP contribution in [-0.2, 0) is 0 Å². The molecule has 1 heterocycles. The van der Waals surface area contributed by atoms with Crippen LogP contribution in [0.1, 0.15) is 46.0 Å². The second-order valence-corrected chi connectivity index (χ2v) is 5.85. The Hall–Kier alpha value is -1.58. The molecule has 1 aromatic rings. The molecule has 1 aliphatic carbocycles. The van der Waals surface area contributed by atoms with Gasteiger partial charge in [0.2, 0.25) is 0 Å². The number of nitrogens with one attached hydrogen (secondary N) is 2. The Balaban J connectivity index is 1.77. The normalized spacial score (nSPS) is 15.1. The van der Waals surface area contributed by atoms with Crippen molar-refractivity contribution in [2.75, 3.05) is 23.7 Å². The van der Waals surface area contributed by atoms with Gasteiger partial charge in [0.25, 0.3) is 0 Å². The first kappa shape index (κ1) is 14.8. The van der Waals surface area contributed by atoms with Crippen LogP contribution in [0.4, 0.5) is 11.6 Å². The van der Waals surface area contributed by atoms with Gasteiger partial charge in [-0.15, -0.1) is 0 Å². The van der Waals surface area contributed by atoms with Crippen molar-refractivity contribution in [2.45, 2.75) is 46.0 Å². The van der Waals surface area contributed by atoms with Gasteiger partial charge < -0.3 is 10.6 Å². The minimum Gasteiger partial charge on any atom is -0.370 e. The summed E-state index contributed by atoms with van der Waals surface area (Å²) in [6.07, 6.45) is 10.4. The number of allylic oxidation sites excluding steroid dienone is 1. The molecule has 2 N–H and O–H groups in total. The molecule has 0 bridgehead atoms. The standard InChI is InChI=1S/C16H26N4/c1-13(2)11-18-16-10-15(19-12-20-16)17-9-8-14-6-4-3-5-7-14/h6,10,12-13H,3-5,7-9,11H2,1-2H3,(H2,17,18,19,20). The fourth-order valence-electron chi connectivity index (χ4n) is 2.34. The Morgan fingerprint density at radius 2 is 1.95 bits per heavy atom. The minimum absolute atomic E-state index is 0.611. The summed E-state index contributed by atoms with van der Waals surface area (Å²) in [4.78, 5) is 8.50. The lowest BCUT2D eigenvalue weighted by atomic mass is 9.97. The molecular formula is C16H26N4. The van der Waals surface area contributed by atoms with E-state index in [-0.39, 0.29) is 0 Å². The summed E-state index contributed by atoms with van der Waals surface area (Å²) in [5.41, 5.74) is 1.59. The van der Waals surface area contributed by atoms with Crippen molar-refractivity contribution in [2.24, 2.45) is 5.92 Å². The molecule has 0 saturated heterocycles. The Morgan fingerprint density at radius 1 is 1.15 bits per heavy atom. The van der Waals surface area contributed by atoms with Crippen molar-refractivity contribution < 1.29 is 0 Å². The van der Waals surface area contributed by atoms with E-state index in [2.05, 4.69) is 40.5 Å². The first-order valence-electron chi connectivity index (χ1n) is 7.72. The first-order valence-corrected chi connectivity index (χ1v) is 7.72. The molecule has 0 unspecified atom stereocenters. The summed E-state index contributed by atoms with van der Waals surface area (Å²) in [6, 6.07) is 1.98. The fourth-order valence-corrected chi connectivity index (χ4v) is 2.34. The summed E-state index contributed by atoms with van der Waals surface area (Å²) in [5.74, 6) is 2.41. The van der Waals surface area contributed by atoms with E-state index in [4.69, 9.17) is 0 Å². The lowest BCUT2D eigenvalue weighted by Gasteiger charge is -2.13. The van der Waals surface area contributed by atoms with Crippen molar-refractivity contribution >= 4 is 11.6 Å². The Labute approximate surface area is 122 Å². The molecule has 0 fully saturated rings. The van der Waals surface area contributed by atoms with Gasteiger partial charge in [0.1, 0.15) is 18.0 Å². The highest BCUT2D eigenvalue weighted by atomic mass is 15.1. The fraction of sp³-hybridized carbons (Fsp3) is 0.625. The average Bonchev–Trinajstić information content (AvgIpc) is 2.47. The van der Waals surface area contributed by atoms with Gasteiger partial charge in [0, 0.05) is 19.2 Å². The number of nitrogens with zero attached hydrogens (tertiary/aromatic N) is 2. The number of hydrogen-bond acceptors (Lipinski definition) is 4. The minimum atomic E-state index is 0.611. The third-order valence-corrected chi connectivity index (χ3v) is 3.50. The van der Waals surface area contributed by atoms with E-state index in [1.54, 1.807) is 11.9 Å². The predicted octanol–water partition coefficient (Wildman–Crippen LogP) is 3.85. The van der Waals surface area contributed by atoms with Crippen molar-refractivity contribution in [3.63, 3.8) is 0 Å². The molecule has 20 heavy (non-hydrogen) atoms. The molecule has 0 spiro atoms. The molecule has 0 aliphatic heterocycles. The van der Waals surface area contributed by atoms with Gasteiger partial charge in [0.05, 0.1) is 0 Å². The zero-order valence-corrected chi connectivity index (χ0v) is 12.7. The zero-order valence-electron chi connectivity index (χ0n) is 12.7. The van der Waals surface area contributed by atoms with Crippen LogP contribution in [-0.4, -0.2) is 23.1 Å². The highest BCUT2D eigenvalue weighted by Gasteiger charge is 2.04. The molecule has 4 nitrogen and oxygen atoms in total. The van der Waals surface area contributed by atoms with E-state index >= 15 is 0 Å². The van der Waals surface area contributed by atoms with Gasteiger partial charge in [-0.05, 0) is 38.0 Å². The summed E-state index contributed by atoms with van der Waals surface area (Å²) in [5, 5.41) is 6.71. The lowest BCUT2D eigenvalue weighted by Crippen LogP contribution is -2.10. The van der Waals surface area contributed by atoms with E-state index in [0.29, 0.717) is 5.92 Å². The zero-order chi connectivity index (χ0) is 14.2. The topological polar surface area (TPSA) is 49.8 Å².